The van der Waals surface area contributed by atoms with Crippen LogP contribution < -0.4 is 10.5 Å². The van der Waals surface area contributed by atoms with E-state index in [-0.39, 0.29) is 5.75 Å². The van der Waals surface area contributed by atoms with Crippen molar-refractivity contribution in [3.8, 4) is 17.0 Å². The summed E-state index contributed by atoms with van der Waals surface area (Å²) in [5, 5.41) is 1.03. The summed E-state index contributed by atoms with van der Waals surface area (Å²) in [6.07, 6.45) is -4.71. The molecule has 7 nitrogen and oxygen atoms in total. The van der Waals surface area contributed by atoms with Crippen molar-refractivity contribution in [2.45, 2.75) is 26.4 Å². The first kappa shape index (κ1) is 22.7. The molecular weight excluding hydrogens is 457 g/mol. The summed E-state index contributed by atoms with van der Waals surface area (Å²) in [4.78, 5) is 17.5. The van der Waals surface area contributed by atoms with Crippen LogP contribution in [0.25, 0.3) is 33.3 Å². The van der Waals surface area contributed by atoms with E-state index in [4.69, 9.17) is 5.73 Å². The standard InChI is InChI=1S/C25H23F3N6O/c1-14-30-23-19(11-22(29)33-24(23)31-14)21-10-17-8-16(6-7-20(17)32-21)13-34(2)12-15-4-3-5-18(9-15)35-25(26,27)28/h3-11,32H,12-13H2,1-2H3,(H3,29,30,31,33). The fraction of sp³-hybridized carbons (Fsp3) is 0.200. The number of ether oxygens (including phenoxy) is 1. The number of nitrogens with one attached hydrogen (secondary N) is 2. The van der Waals surface area contributed by atoms with E-state index in [0.29, 0.717) is 24.6 Å². The van der Waals surface area contributed by atoms with E-state index in [9.17, 15) is 13.2 Å². The van der Waals surface area contributed by atoms with Gasteiger partial charge in [-0.2, -0.15) is 0 Å². The summed E-state index contributed by atoms with van der Waals surface area (Å²) in [7, 11) is 1.92. The first-order valence-corrected chi connectivity index (χ1v) is 10.9. The molecule has 0 aliphatic heterocycles. The van der Waals surface area contributed by atoms with Gasteiger partial charge in [0.25, 0.3) is 0 Å². The van der Waals surface area contributed by atoms with Crippen LogP contribution in [0.2, 0.25) is 0 Å². The SMILES string of the molecule is Cc1nc2c(-c3cc4cc(CN(C)Cc5cccc(OC(F)(F)F)c5)ccc4[nH]3)cc(N)nc2[nH]1. The number of rotatable bonds is 6. The quantitative estimate of drug-likeness (QED) is 0.297. The van der Waals surface area contributed by atoms with Gasteiger partial charge in [-0.05, 0) is 61.5 Å². The van der Waals surface area contributed by atoms with Gasteiger partial charge in [-0.25, -0.2) is 9.97 Å². The van der Waals surface area contributed by atoms with Crippen LogP contribution in [0.3, 0.4) is 0 Å². The molecule has 0 aliphatic rings. The van der Waals surface area contributed by atoms with Gasteiger partial charge in [-0.15, -0.1) is 13.2 Å². The van der Waals surface area contributed by atoms with Gasteiger partial charge < -0.3 is 20.4 Å². The third kappa shape index (κ3) is 5.07. The number of alkyl halides is 3. The van der Waals surface area contributed by atoms with Gasteiger partial charge >= 0.3 is 6.36 Å². The monoisotopic (exact) mass is 480 g/mol. The number of aromatic nitrogens is 4. The molecule has 0 fully saturated rings. The molecule has 0 bridgehead atoms. The van der Waals surface area contributed by atoms with E-state index < -0.39 is 6.36 Å². The number of H-pyrrole nitrogens is 2. The Kier molecular flexibility index (Phi) is 5.60. The number of aromatic amines is 2. The molecule has 3 heterocycles. The lowest BCUT2D eigenvalue weighted by Crippen LogP contribution is -2.19. The Morgan fingerprint density at radius 1 is 0.971 bits per heavy atom. The minimum atomic E-state index is -4.71. The van der Waals surface area contributed by atoms with Gasteiger partial charge in [0.2, 0.25) is 0 Å². The van der Waals surface area contributed by atoms with Crippen molar-refractivity contribution in [2.75, 3.05) is 12.8 Å². The molecule has 0 amide bonds. The second-order valence-corrected chi connectivity index (χ2v) is 8.59. The Bertz CT molecular complexity index is 1520. The largest absolute Gasteiger partial charge is 0.573 e. The number of aryl methyl sites for hydroxylation is 1. The predicted molar refractivity (Wildman–Crippen MR) is 129 cm³/mol. The lowest BCUT2D eigenvalue weighted by atomic mass is 10.1. The Labute approximate surface area is 198 Å². The Morgan fingerprint density at radius 3 is 2.51 bits per heavy atom. The highest BCUT2D eigenvalue weighted by atomic mass is 19.4. The Morgan fingerprint density at radius 2 is 1.74 bits per heavy atom. The fourth-order valence-corrected chi connectivity index (χ4v) is 4.28. The van der Waals surface area contributed by atoms with E-state index >= 15 is 0 Å². The minimum absolute atomic E-state index is 0.220. The van der Waals surface area contributed by atoms with E-state index in [1.807, 2.05) is 31.0 Å². The van der Waals surface area contributed by atoms with Crippen LogP contribution in [0.15, 0.2) is 54.6 Å². The Hall–Kier alpha value is -4.05. The maximum absolute atomic E-state index is 12.5. The average molecular weight is 480 g/mol. The molecule has 5 rings (SSSR count). The molecule has 10 heteroatoms. The van der Waals surface area contributed by atoms with Crippen molar-refractivity contribution in [3.63, 3.8) is 0 Å². The van der Waals surface area contributed by atoms with Gasteiger partial charge in [-0.3, -0.25) is 4.90 Å². The topological polar surface area (TPSA) is 95.8 Å². The van der Waals surface area contributed by atoms with Crippen LogP contribution in [0.4, 0.5) is 19.0 Å². The van der Waals surface area contributed by atoms with Gasteiger partial charge in [0, 0.05) is 35.2 Å². The van der Waals surface area contributed by atoms with Crippen LogP contribution >= 0.6 is 0 Å². The van der Waals surface area contributed by atoms with Crippen LogP contribution in [-0.4, -0.2) is 38.2 Å². The number of nitrogens with two attached hydrogens (primary N) is 1. The van der Waals surface area contributed by atoms with Crippen molar-refractivity contribution >= 4 is 27.9 Å². The normalized spacial score (nSPS) is 12.2. The van der Waals surface area contributed by atoms with Gasteiger partial charge in [0.1, 0.15) is 22.9 Å². The van der Waals surface area contributed by atoms with Crippen LogP contribution in [0, 0.1) is 6.92 Å². The highest BCUT2D eigenvalue weighted by molar-refractivity contribution is 5.95. The first-order valence-electron chi connectivity index (χ1n) is 10.9. The van der Waals surface area contributed by atoms with E-state index in [1.165, 1.54) is 12.1 Å². The van der Waals surface area contributed by atoms with Gasteiger partial charge in [-0.1, -0.05) is 18.2 Å². The van der Waals surface area contributed by atoms with E-state index in [0.717, 1.165) is 44.6 Å². The molecule has 0 radical (unpaired) electrons. The van der Waals surface area contributed by atoms with Crippen molar-refractivity contribution in [1.82, 2.24) is 24.8 Å². The molecule has 0 aliphatic carbocycles. The summed E-state index contributed by atoms with van der Waals surface area (Å²) >= 11 is 0. The maximum atomic E-state index is 12.5. The third-order valence-electron chi connectivity index (χ3n) is 5.60. The zero-order valence-corrected chi connectivity index (χ0v) is 19.1. The number of fused-ring (bicyclic) bond motifs is 2. The second kappa shape index (κ2) is 8.62. The molecular formula is C25H23F3N6O. The zero-order valence-electron chi connectivity index (χ0n) is 19.1. The van der Waals surface area contributed by atoms with Crippen molar-refractivity contribution in [1.29, 1.82) is 0 Å². The van der Waals surface area contributed by atoms with Crippen molar-refractivity contribution < 1.29 is 17.9 Å². The Balaban J connectivity index is 1.35. The number of pyridine rings is 1. The first-order chi connectivity index (χ1) is 16.6. The summed E-state index contributed by atoms with van der Waals surface area (Å²) in [6.45, 7) is 2.96. The second-order valence-electron chi connectivity index (χ2n) is 8.59. The highest BCUT2D eigenvalue weighted by Gasteiger charge is 2.31. The number of hydrogen-bond acceptors (Lipinski definition) is 5. The highest BCUT2D eigenvalue weighted by Crippen LogP contribution is 2.31. The van der Waals surface area contributed by atoms with Gasteiger partial charge in [0.05, 0.1) is 0 Å². The third-order valence-corrected chi connectivity index (χ3v) is 5.60. The number of halogens is 3. The number of benzene rings is 2. The van der Waals surface area contributed by atoms with Crippen molar-refractivity contribution in [3.05, 3.63) is 71.5 Å². The summed E-state index contributed by atoms with van der Waals surface area (Å²) in [5.74, 6) is 0.945. The number of nitrogen functional groups attached to an aromatic ring is 1. The molecule has 5 aromatic rings. The van der Waals surface area contributed by atoms with Crippen LogP contribution in [0.1, 0.15) is 17.0 Å². The number of hydrogen-bond donors (Lipinski definition) is 3. The van der Waals surface area contributed by atoms with E-state index in [2.05, 4.69) is 36.8 Å². The van der Waals surface area contributed by atoms with Crippen LogP contribution in [0.5, 0.6) is 5.75 Å². The summed E-state index contributed by atoms with van der Waals surface area (Å²) < 4.78 is 41.6. The lowest BCUT2D eigenvalue weighted by Gasteiger charge is -2.18. The summed E-state index contributed by atoms with van der Waals surface area (Å²) in [6, 6.07) is 16.0. The smallest absolute Gasteiger partial charge is 0.406 e. The molecule has 0 saturated carbocycles. The maximum Gasteiger partial charge on any atom is 0.573 e. The zero-order chi connectivity index (χ0) is 24.7. The molecule has 0 saturated heterocycles. The fourth-order valence-electron chi connectivity index (χ4n) is 4.28. The number of nitrogens with zero attached hydrogens (tertiary/aromatic N) is 3. The molecule has 3 aromatic heterocycles. The predicted octanol–water partition coefficient (Wildman–Crippen LogP) is 5.53. The minimum Gasteiger partial charge on any atom is -0.406 e. The van der Waals surface area contributed by atoms with Crippen molar-refractivity contribution in [2.24, 2.45) is 0 Å². The lowest BCUT2D eigenvalue weighted by molar-refractivity contribution is -0.274. The van der Waals surface area contributed by atoms with E-state index in [1.54, 1.807) is 18.2 Å². The molecule has 180 valence electrons. The molecule has 0 spiro atoms. The molecule has 2 aromatic carbocycles. The number of imidazole rings is 1. The molecule has 4 N–H and O–H groups in total. The molecule has 35 heavy (non-hydrogen) atoms. The summed E-state index contributed by atoms with van der Waals surface area (Å²) in [5.41, 5.74) is 11.9. The van der Waals surface area contributed by atoms with Gasteiger partial charge in [0.15, 0.2) is 5.65 Å². The average Bonchev–Trinajstić information content (AvgIpc) is 3.34. The number of anilines is 1. The molecule has 0 atom stereocenters. The molecule has 0 unspecified atom stereocenters. The van der Waals surface area contributed by atoms with Crippen LogP contribution in [-0.2, 0) is 13.1 Å².